The van der Waals surface area contributed by atoms with Crippen LogP contribution < -0.4 is 4.90 Å². The van der Waals surface area contributed by atoms with Crippen molar-refractivity contribution in [3.05, 3.63) is 78.4 Å². The number of allylic oxidation sites excluding steroid dienone is 1. The van der Waals surface area contributed by atoms with Crippen LogP contribution in [-0.2, 0) is 4.74 Å². The molecular weight excluding hydrogens is 276 g/mol. The van der Waals surface area contributed by atoms with Crippen molar-refractivity contribution in [1.29, 1.82) is 0 Å². The zero-order chi connectivity index (χ0) is 14.9. The second-order valence-electron chi connectivity index (χ2n) is 5.21. The molecule has 0 N–H and O–H groups in total. The van der Waals surface area contributed by atoms with Crippen molar-refractivity contribution in [2.45, 2.75) is 12.3 Å². The normalized spacial score (nSPS) is 23.0. The highest BCUT2D eigenvalue weighted by atomic mass is 16.6. The third kappa shape index (κ3) is 2.09. The van der Waals surface area contributed by atoms with Gasteiger partial charge in [0.15, 0.2) is 12.3 Å². The van der Waals surface area contributed by atoms with E-state index in [1.165, 1.54) is 0 Å². The van der Waals surface area contributed by atoms with E-state index in [1.54, 1.807) is 4.90 Å². The fourth-order valence-corrected chi connectivity index (χ4v) is 2.76. The summed E-state index contributed by atoms with van der Waals surface area (Å²) in [5.74, 6) is 0. The average Bonchev–Trinajstić information content (AvgIpc) is 2.91. The van der Waals surface area contributed by atoms with Crippen molar-refractivity contribution in [2.75, 3.05) is 4.90 Å². The molecule has 2 aliphatic heterocycles. The Balaban J connectivity index is 1.73. The van der Waals surface area contributed by atoms with E-state index in [-0.39, 0.29) is 18.4 Å². The van der Waals surface area contributed by atoms with Crippen LogP contribution in [0.1, 0.15) is 5.56 Å². The van der Waals surface area contributed by atoms with Gasteiger partial charge < -0.3 is 4.74 Å². The van der Waals surface area contributed by atoms with E-state index in [9.17, 15) is 4.79 Å². The molecular formula is C18H14N2O2. The zero-order valence-corrected chi connectivity index (χ0v) is 11.8. The molecule has 2 aromatic rings. The van der Waals surface area contributed by atoms with Gasteiger partial charge in [0, 0.05) is 5.69 Å². The summed E-state index contributed by atoms with van der Waals surface area (Å²) >= 11 is 0. The molecule has 108 valence electrons. The third-order valence-electron chi connectivity index (χ3n) is 3.81. The molecule has 0 aliphatic carbocycles. The lowest BCUT2D eigenvalue weighted by molar-refractivity contribution is 0.154. The van der Waals surface area contributed by atoms with Crippen LogP contribution in [0.3, 0.4) is 0 Å². The van der Waals surface area contributed by atoms with Gasteiger partial charge in [0.2, 0.25) is 0 Å². The molecule has 0 spiro atoms. The number of dihydropyridines is 1. The first-order chi connectivity index (χ1) is 10.8. The number of hydrogen-bond acceptors (Lipinski definition) is 3. The van der Waals surface area contributed by atoms with Crippen molar-refractivity contribution in [3.8, 4) is 0 Å². The number of carbonyl (C=O) groups is 1. The number of aliphatic imine (C=N–C) groups is 1. The maximum atomic E-state index is 12.2. The highest BCUT2D eigenvalue weighted by Gasteiger charge is 2.42. The summed E-state index contributed by atoms with van der Waals surface area (Å²) in [6.45, 7) is 0. The smallest absolute Gasteiger partial charge is 0.416 e. The number of nitrogens with zero attached hydrogens (tertiary/aromatic N) is 2. The predicted octanol–water partition coefficient (Wildman–Crippen LogP) is 3.40. The monoisotopic (exact) mass is 290 g/mol. The Morgan fingerprint density at radius 1 is 0.955 bits per heavy atom. The molecule has 2 aromatic carbocycles. The first kappa shape index (κ1) is 12.8. The van der Waals surface area contributed by atoms with Crippen molar-refractivity contribution in [1.82, 2.24) is 0 Å². The second kappa shape index (κ2) is 5.15. The number of rotatable bonds is 2. The first-order valence-electron chi connectivity index (χ1n) is 7.19. The Morgan fingerprint density at radius 3 is 2.36 bits per heavy atom. The summed E-state index contributed by atoms with van der Waals surface area (Å²) in [6.07, 6.45) is 2.78. The summed E-state index contributed by atoms with van der Waals surface area (Å²) in [4.78, 5) is 18.5. The Morgan fingerprint density at radius 2 is 1.64 bits per heavy atom. The average molecular weight is 290 g/mol. The highest BCUT2D eigenvalue weighted by molar-refractivity contribution is 6.10. The number of fused-ring (bicyclic) bond motifs is 1. The van der Waals surface area contributed by atoms with E-state index < -0.39 is 0 Å². The van der Waals surface area contributed by atoms with E-state index in [0.717, 1.165) is 17.0 Å². The Kier molecular flexibility index (Phi) is 3.00. The van der Waals surface area contributed by atoms with Gasteiger partial charge in [0.05, 0.1) is 5.71 Å². The molecule has 2 atom stereocenters. The van der Waals surface area contributed by atoms with Gasteiger partial charge >= 0.3 is 6.09 Å². The topological polar surface area (TPSA) is 41.9 Å². The minimum absolute atomic E-state index is 0.333. The maximum absolute atomic E-state index is 12.2. The first-order valence-corrected chi connectivity index (χ1v) is 7.19. The summed E-state index contributed by atoms with van der Waals surface area (Å²) in [6, 6.07) is 19.4. The van der Waals surface area contributed by atoms with Crippen LogP contribution in [0.25, 0.3) is 0 Å². The molecule has 0 aromatic heterocycles. The molecule has 0 saturated carbocycles. The van der Waals surface area contributed by atoms with Gasteiger partial charge in [-0.1, -0.05) is 48.5 Å². The van der Waals surface area contributed by atoms with Crippen molar-refractivity contribution >= 4 is 17.5 Å². The van der Waals surface area contributed by atoms with Gasteiger partial charge in [-0.15, -0.1) is 0 Å². The quantitative estimate of drug-likeness (QED) is 0.850. The van der Waals surface area contributed by atoms with E-state index in [0.29, 0.717) is 0 Å². The molecule has 1 fully saturated rings. The molecule has 1 amide bonds. The predicted molar refractivity (Wildman–Crippen MR) is 85.1 cm³/mol. The summed E-state index contributed by atoms with van der Waals surface area (Å²) < 4.78 is 5.41. The minimum Gasteiger partial charge on any atom is -0.437 e. The largest absolute Gasteiger partial charge is 0.437 e. The lowest BCUT2D eigenvalue weighted by atomic mass is 10.1. The Labute approximate surface area is 128 Å². The molecule has 4 rings (SSSR count). The van der Waals surface area contributed by atoms with Gasteiger partial charge in [0.1, 0.15) is 0 Å². The molecule has 4 heteroatoms. The highest BCUT2D eigenvalue weighted by Crippen LogP contribution is 2.30. The van der Waals surface area contributed by atoms with E-state index in [2.05, 4.69) is 0 Å². The van der Waals surface area contributed by atoms with Crippen molar-refractivity contribution < 1.29 is 9.53 Å². The van der Waals surface area contributed by atoms with Crippen LogP contribution in [0.2, 0.25) is 0 Å². The number of hydrogen-bond donors (Lipinski definition) is 0. The summed E-state index contributed by atoms with van der Waals surface area (Å²) in [5, 5.41) is 0. The van der Waals surface area contributed by atoms with Gasteiger partial charge in [-0.25, -0.2) is 4.79 Å². The molecule has 0 bridgehead atoms. The number of ether oxygens (including phenoxy) is 1. The molecule has 2 heterocycles. The zero-order valence-electron chi connectivity index (χ0n) is 11.8. The second-order valence-corrected chi connectivity index (χ2v) is 5.21. The molecule has 4 nitrogen and oxygen atoms in total. The van der Waals surface area contributed by atoms with E-state index >= 15 is 0 Å². The van der Waals surface area contributed by atoms with Crippen molar-refractivity contribution in [2.24, 2.45) is 4.99 Å². The van der Waals surface area contributed by atoms with Crippen LogP contribution in [0.5, 0.6) is 0 Å². The number of benzene rings is 2. The maximum Gasteiger partial charge on any atom is 0.416 e. The standard InChI is InChI=1S/C18H14N2O2/c21-18-20(14-9-5-2-6-10-14)17-16(22-18)12-11-15(19-17)13-7-3-1-4-8-13/h1-12,16-17H. The lowest BCUT2D eigenvalue weighted by Gasteiger charge is -2.23. The van der Waals surface area contributed by atoms with Crippen LogP contribution in [0, 0.1) is 0 Å². The molecule has 2 aliphatic rings. The van der Waals surface area contributed by atoms with Gasteiger partial charge in [-0.2, -0.15) is 0 Å². The summed E-state index contributed by atoms with van der Waals surface area (Å²) in [5.41, 5.74) is 2.69. The number of amides is 1. The van der Waals surface area contributed by atoms with Gasteiger partial charge in [-0.3, -0.25) is 9.89 Å². The van der Waals surface area contributed by atoms with Gasteiger partial charge in [0.25, 0.3) is 0 Å². The minimum atomic E-state index is -0.357. The summed E-state index contributed by atoms with van der Waals surface area (Å²) in [7, 11) is 0. The van der Waals surface area contributed by atoms with Crippen molar-refractivity contribution in [3.63, 3.8) is 0 Å². The van der Waals surface area contributed by atoms with Crippen LogP contribution in [0.15, 0.2) is 77.8 Å². The number of carbonyl (C=O) groups excluding carboxylic acids is 1. The Hall–Kier alpha value is -2.88. The lowest BCUT2D eigenvalue weighted by Crippen LogP contribution is -2.36. The number of para-hydroxylation sites is 1. The van der Waals surface area contributed by atoms with E-state index in [4.69, 9.17) is 9.73 Å². The fraction of sp³-hybridized carbons (Fsp3) is 0.111. The Bertz CT molecular complexity index is 753. The van der Waals surface area contributed by atoms with Crippen LogP contribution in [-0.4, -0.2) is 24.1 Å². The number of anilines is 1. The molecule has 0 radical (unpaired) electrons. The van der Waals surface area contributed by atoms with Crippen LogP contribution >= 0.6 is 0 Å². The third-order valence-corrected chi connectivity index (χ3v) is 3.81. The van der Waals surface area contributed by atoms with Crippen LogP contribution in [0.4, 0.5) is 10.5 Å². The molecule has 1 saturated heterocycles. The van der Waals surface area contributed by atoms with E-state index in [1.807, 2.05) is 72.8 Å². The molecule has 22 heavy (non-hydrogen) atoms. The van der Waals surface area contributed by atoms with Gasteiger partial charge in [-0.05, 0) is 29.8 Å². The SMILES string of the molecule is O=C1OC2C=CC(c3ccccc3)=NC2N1c1ccccc1. The molecule has 2 unspecified atom stereocenters. The fourth-order valence-electron chi connectivity index (χ4n) is 2.76.